The Balaban J connectivity index is 3.77. The second kappa shape index (κ2) is 6.28. The van der Waals surface area contributed by atoms with Crippen LogP contribution in [0.15, 0.2) is 51.1 Å². The van der Waals surface area contributed by atoms with Crippen molar-refractivity contribution in [2.45, 2.75) is 0 Å². The zero-order valence-corrected chi connectivity index (χ0v) is 7.45. The van der Waals surface area contributed by atoms with Crippen LogP contribution in [0.25, 0.3) is 0 Å². The molecule has 0 radical (unpaired) electrons. The van der Waals surface area contributed by atoms with Crippen LogP contribution in [-0.4, -0.2) is 22.9 Å². The van der Waals surface area contributed by atoms with Crippen molar-refractivity contribution in [1.29, 1.82) is 0 Å². The molecule has 0 rings (SSSR count). The Hall–Kier alpha value is -1.44. The third kappa shape index (κ3) is 3.66. The van der Waals surface area contributed by atoms with Gasteiger partial charge in [0.05, 0.1) is 0 Å². The van der Waals surface area contributed by atoms with E-state index in [9.17, 15) is 0 Å². The van der Waals surface area contributed by atoms with Crippen LogP contribution in [0.2, 0.25) is 0 Å². The van der Waals surface area contributed by atoms with Gasteiger partial charge in [-0.1, -0.05) is 26.3 Å². The van der Waals surface area contributed by atoms with Gasteiger partial charge in [-0.3, -0.25) is 0 Å². The second-order valence-corrected chi connectivity index (χ2v) is 2.21. The van der Waals surface area contributed by atoms with E-state index in [1.165, 1.54) is 0 Å². The first kappa shape index (κ1) is 10.6. The predicted molar refractivity (Wildman–Crippen MR) is 54.2 cm³/mol. The first-order chi connectivity index (χ1) is 5.78. The Morgan fingerprint density at radius 3 is 1.08 bits per heavy atom. The number of nitrogens with zero attached hydrogens (tertiary/aromatic N) is 2. The minimum Gasteiger partial charge on any atom is -0.354 e. The molecule has 0 aromatic heterocycles. The highest BCUT2D eigenvalue weighted by molar-refractivity contribution is 4.85. The topological polar surface area (TPSA) is 6.48 Å². The minimum atomic E-state index is 0.838. The van der Waals surface area contributed by atoms with Crippen molar-refractivity contribution in [3.8, 4) is 0 Å². The molecule has 0 aliphatic rings. The standard InChI is InChI=1S/C10H16N2/c1-5-11(6-2)9-10-12(7-3)8-4/h5-8H,1-4,9-10H2. The Morgan fingerprint density at radius 2 is 0.917 bits per heavy atom. The van der Waals surface area contributed by atoms with Crippen LogP contribution >= 0.6 is 0 Å². The smallest absolute Gasteiger partial charge is 0.0398 e. The van der Waals surface area contributed by atoms with Gasteiger partial charge in [0, 0.05) is 13.1 Å². The maximum absolute atomic E-state index is 3.65. The molecule has 0 fully saturated rings. The quantitative estimate of drug-likeness (QED) is 0.569. The van der Waals surface area contributed by atoms with Crippen molar-refractivity contribution in [3.05, 3.63) is 51.1 Å². The molecule has 0 heterocycles. The van der Waals surface area contributed by atoms with Crippen LogP contribution in [0, 0.1) is 0 Å². The van der Waals surface area contributed by atoms with Gasteiger partial charge in [0.25, 0.3) is 0 Å². The molecule has 66 valence electrons. The van der Waals surface area contributed by atoms with E-state index in [2.05, 4.69) is 26.3 Å². The maximum atomic E-state index is 3.65. The largest absolute Gasteiger partial charge is 0.354 e. The first-order valence-electron chi connectivity index (χ1n) is 3.80. The molecule has 0 aliphatic carbocycles. The molecule has 0 aromatic carbocycles. The average molecular weight is 164 g/mol. The number of hydrogen-bond donors (Lipinski definition) is 0. The zero-order chi connectivity index (χ0) is 9.40. The summed E-state index contributed by atoms with van der Waals surface area (Å²) in [5, 5.41) is 0. The zero-order valence-electron chi connectivity index (χ0n) is 7.45. The van der Waals surface area contributed by atoms with Gasteiger partial charge in [-0.15, -0.1) is 0 Å². The second-order valence-electron chi connectivity index (χ2n) is 2.21. The number of rotatable bonds is 7. The lowest BCUT2D eigenvalue weighted by atomic mass is 10.5. The minimum absolute atomic E-state index is 0.838. The summed E-state index contributed by atoms with van der Waals surface area (Å²) in [6, 6.07) is 0. The summed E-state index contributed by atoms with van der Waals surface area (Å²) in [5.74, 6) is 0. The summed E-state index contributed by atoms with van der Waals surface area (Å²) < 4.78 is 0. The molecule has 0 saturated heterocycles. The Kier molecular flexibility index (Phi) is 5.53. The molecule has 0 bridgehead atoms. The van der Waals surface area contributed by atoms with E-state index in [1.54, 1.807) is 24.8 Å². The van der Waals surface area contributed by atoms with Crippen molar-refractivity contribution in [3.63, 3.8) is 0 Å². The van der Waals surface area contributed by atoms with E-state index in [0.717, 1.165) is 13.1 Å². The molecule has 2 nitrogen and oxygen atoms in total. The van der Waals surface area contributed by atoms with Crippen LogP contribution in [-0.2, 0) is 0 Å². The van der Waals surface area contributed by atoms with E-state index < -0.39 is 0 Å². The predicted octanol–water partition coefficient (Wildman–Crippen LogP) is 2.16. The molecule has 2 heteroatoms. The molecule has 0 spiro atoms. The molecule has 0 saturated carbocycles. The van der Waals surface area contributed by atoms with E-state index in [4.69, 9.17) is 0 Å². The summed E-state index contributed by atoms with van der Waals surface area (Å²) in [5.41, 5.74) is 0. The van der Waals surface area contributed by atoms with Gasteiger partial charge >= 0.3 is 0 Å². The van der Waals surface area contributed by atoms with Gasteiger partial charge in [-0.2, -0.15) is 0 Å². The Labute approximate surface area is 74.8 Å². The van der Waals surface area contributed by atoms with Crippen LogP contribution in [0.5, 0.6) is 0 Å². The molecule has 0 atom stereocenters. The highest BCUT2D eigenvalue weighted by Crippen LogP contribution is 1.93. The fourth-order valence-corrected chi connectivity index (χ4v) is 0.745. The van der Waals surface area contributed by atoms with Gasteiger partial charge in [-0.25, -0.2) is 0 Å². The maximum Gasteiger partial charge on any atom is 0.0398 e. The molecule has 0 N–H and O–H groups in total. The van der Waals surface area contributed by atoms with Gasteiger partial charge in [0.15, 0.2) is 0 Å². The third-order valence-electron chi connectivity index (χ3n) is 1.55. The van der Waals surface area contributed by atoms with Crippen molar-refractivity contribution >= 4 is 0 Å². The fourth-order valence-electron chi connectivity index (χ4n) is 0.745. The van der Waals surface area contributed by atoms with E-state index in [-0.39, 0.29) is 0 Å². The van der Waals surface area contributed by atoms with Crippen molar-refractivity contribution in [1.82, 2.24) is 9.80 Å². The summed E-state index contributed by atoms with van der Waals surface area (Å²) in [7, 11) is 0. The summed E-state index contributed by atoms with van der Waals surface area (Å²) in [4.78, 5) is 3.81. The summed E-state index contributed by atoms with van der Waals surface area (Å²) in [6.07, 6.45) is 6.93. The highest BCUT2D eigenvalue weighted by Gasteiger charge is 1.94. The lowest BCUT2D eigenvalue weighted by Gasteiger charge is -2.19. The van der Waals surface area contributed by atoms with Gasteiger partial charge in [0.1, 0.15) is 0 Å². The van der Waals surface area contributed by atoms with Crippen LogP contribution in [0.1, 0.15) is 0 Å². The lowest BCUT2D eigenvalue weighted by molar-refractivity contribution is 0.413. The molecule has 0 unspecified atom stereocenters. The fraction of sp³-hybridized carbons (Fsp3) is 0.200. The molecule has 12 heavy (non-hydrogen) atoms. The molecular weight excluding hydrogens is 148 g/mol. The SMILES string of the molecule is C=CN(C=C)CCN(C=C)C=C. The number of hydrogen-bond acceptors (Lipinski definition) is 2. The molecule has 0 aromatic rings. The van der Waals surface area contributed by atoms with Crippen molar-refractivity contribution < 1.29 is 0 Å². The van der Waals surface area contributed by atoms with Gasteiger partial charge < -0.3 is 9.80 Å². The monoisotopic (exact) mass is 164 g/mol. The van der Waals surface area contributed by atoms with Crippen molar-refractivity contribution in [2.24, 2.45) is 0 Å². The van der Waals surface area contributed by atoms with E-state index in [1.807, 2.05) is 9.80 Å². The molecule has 0 aliphatic heterocycles. The van der Waals surface area contributed by atoms with Gasteiger partial charge in [0.2, 0.25) is 0 Å². The van der Waals surface area contributed by atoms with Gasteiger partial charge in [-0.05, 0) is 24.8 Å². The Bertz CT molecular complexity index is 137. The molecule has 0 amide bonds. The van der Waals surface area contributed by atoms with E-state index >= 15 is 0 Å². The normalized spacial score (nSPS) is 8.33. The summed E-state index contributed by atoms with van der Waals surface area (Å²) >= 11 is 0. The highest BCUT2D eigenvalue weighted by atomic mass is 15.2. The van der Waals surface area contributed by atoms with Crippen LogP contribution in [0.3, 0.4) is 0 Å². The summed E-state index contributed by atoms with van der Waals surface area (Å²) in [6.45, 7) is 16.3. The van der Waals surface area contributed by atoms with Crippen LogP contribution < -0.4 is 0 Å². The first-order valence-corrected chi connectivity index (χ1v) is 3.80. The molecular formula is C10H16N2. The third-order valence-corrected chi connectivity index (χ3v) is 1.55. The Morgan fingerprint density at radius 1 is 0.667 bits per heavy atom. The lowest BCUT2D eigenvalue weighted by Crippen LogP contribution is -2.22. The van der Waals surface area contributed by atoms with Crippen LogP contribution in [0.4, 0.5) is 0 Å². The van der Waals surface area contributed by atoms with Crippen molar-refractivity contribution in [2.75, 3.05) is 13.1 Å². The van der Waals surface area contributed by atoms with E-state index in [0.29, 0.717) is 0 Å². The average Bonchev–Trinajstić information content (AvgIpc) is 2.13.